The number of hydrogen-bond acceptors (Lipinski definition) is 7. The largest absolute Gasteiger partial charge is 0.465 e. The second-order valence-corrected chi connectivity index (χ2v) is 7.47. The van der Waals surface area contributed by atoms with Gasteiger partial charge >= 0.3 is 11.9 Å². The lowest BCUT2D eigenvalue weighted by Gasteiger charge is -2.06. The predicted molar refractivity (Wildman–Crippen MR) is 89.0 cm³/mol. The van der Waals surface area contributed by atoms with Gasteiger partial charge in [0.25, 0.3) is 10.0 Å². The van der Waals surface area contributed by atoms with Gasteiger partial charge in [0.15, 0.2) is 0 Å². The van der Waals surface area contributed by atoms with E-state index in [9.17, 15) is 18.0 Å². The molecule has 0 atom stereocenters. The summed E-state index contributed by atoms with van der Waals surface area (Å²) in [4.78, 5) is 23.3. The van der Waals surface area contributed by atoms with Crippen molar-refractivity contribution in [1.29, 1.82) is 0 Å². The summed E-state index contributed by atoms with van der Waals surface area (Å²) in [6.07, 6.45) is 0. The minimum atomic E-state index is -3.84. The summed E-state index contributed by atoms with van der Waals surface area (Å²) in [5.74, 6) is -1.08. The molecule has 0 saturated heterocycles. The van der Waals surface area contributed by atoms with Crippen molar-refractivity contribution in [3.63, 3.8) is 0 Å². The van der Waals surface area contributed by atoms with Crippen LogP contribution in [0, 0.1) is 6.92 Å². The molecule has 1 aromatic carbocycles. The maximum Gasteiger partial charge on any atom is 0.348 e. The Bertz CT molecular complexity index is 868. The molecule has 0 saturated carbocycles. The number of aryl methyl sites for hydroxylation is 1. The fourth-order valence-electron chi connectivity index (χ4n) is 1.91. The fraction of sp³-hybridized carbons (Fsp3) is 0.200. The fourth-order valence-corrected chi connectivity index (χ4v) is 4.18. The van der Waals surface area contributed by atoms with Gasteiger partial charge in [0, 0.05) is 0 Å². The zero-order valence-corrected chi connectivity index (χ0v) is 14.8. The third kappa shape index (κ3) is 3.74. The average Bonchev–Trinajstić information content (AvgIpc) is 2.93. The maximum atomic E-state index is 12.4. The highest BCUT2D eigenvalue weighted by atomic mass is 32.2. The lowest BCUT2D eigenvalue weighted by atomic mass is 10.2. The summed E-state index contributed by atoms with van der Waals surface area (Å²) in [6, 6.07) is 6.88. The van der Waals surface area contributed by atoms with Gasteiger partial charge in [-0.2, -0.15) is 0 Å². The summed E-state index contributed by atoms with van der Waals surface area (Å²) in [6.45, 7) is 1.69. The molecule has 1 N–H and O–H groups in total. The first-order valence-electron chi connectivity index (χ1n) is 6.68. The molecule has 9 heteroatoms. The second kappa shape index (κ2) is 7.02. The zero-order valence-electron chi connectivity index (χ0n) is 13.2. The number of methoxy groups -OCH3 is 2. The summed E-state index contributed by atoms with van der Waals surface area (Å²) in [5.41, 5.74) is 0.863. The van der Waals surface area contributed by atoms with Crippen molar-refractivity contribution in [3.05, 3.63) is 46.3 Å². The summed E-state index contributed by atoms with van der Waals surface area (Å²) in [7, 11) is -1.34. The van der Waals surface area contributed by atoms with Crippen LogP contribution in [0.2, 0.25) is 0 Å². The Labute approximate surface area is 143 Å². The number of rotatable bonds is 5. The van der Waals surface area contributed by atoms with Gasteiger partial charge in [-0.3, -0.25) is 4.72 Å². The first-order chi connectivity index (χ1) is 11.3. The molecular weight excluding hydrogens is 354 g/mol. The topological polar surface area (TPSA) is 98.8 Å². The number of carbonyl (C=O) groups excluding carboxylic acids is 2. The van der Waals surface area contributed by atoms with Gasteiger partial charge in [-0.05, 0) is 42.8 Å². The molecule has 0 fully saturated rings. The van der Waals surface area contributed by atoms with Gasteiger partial charge in [0.1, 0.15) is 9.88 Å². The van der Waals surface area contributed by atoms with Crippen LogP contribution in [0.4, 0.5) is 5.00 Å². The van der Waals surface area contributed by atoms with Crippen LogP contribution < -0.4 is 4.72 Å². The van der Waals surface area contributed by atoms with Gasteiger partial charge in [-0.1, -0.05) is 0 Å². The number of ether oxygens (including phenoxy) is 2. The van der Waals surface area contributed by atoms with Gasteiger partial charge < -0.3 is 9.47 Å². The summed E-state index contributed by atoms with van der Waals surface area (Å²) >= 11 is 0.986. The highest BCUT2D eigenvalue weighted by Gasteiger charge is 2.19. The van der Waals surface area contributed by atoms with E-state index < -0.39 is 22.0 Å². The number of anilines is 1. The van der Waals surface area contributed by atoms with E-state index in [2.05, 4.69) is 14.2 Å². The van der Waals surface area contributed by atoms with Crippen LogP contribution in [0.25, 0.3) is 0 Å². The second-order valence-electron chi connectivity index (χ2n) is 4.74. The van der Waals surface area contributed by atoms with E-state index in [1.165, 1.54) is 38.5 Å². The zero-order chi connectivity index (χ0) is 17.9. The molecule has 0 spiro atoms. The van der Waals surface area contributed by atoms with Crippen molar-refractivity contribution in [2.24, 2.45) is 0 Å². The molecule has 24 heavy (non-hydrogen) atoms. The monoisotopic (exact) mass is 369 g/mol. The van der Waals surface area contributed by atoms with Crippen LogP contribution in [0.3, 0.4) is 0 Å². The molecule has 2 aromatic rings. The van der Waals surface area contributed by atoms with Crippen LogP contribution in [0.5, 0.6) is 0 Å². The Hall–Kier alpha value is -2.39. The van der Waals surface area contributed by atoms with E-state index in [0.717, 1.165) is 11.3 Å². The minimum absolute atomic E-state index is 0.0131. The van der Waals surface area contributed by atoms with E-state index in [1.807, 2.05) is 0 Å². The normalized spacial score (nSPS) is 11.0. The smallest absolute Gasteiger partial charge is 0.348 e. The molecule has 2 rings (SSSR count). The number of esters is 2. The molecule has 7 nitrogen and oxygen atoms in total. The molecule has 0 aliphatic heterocycles. The molecule has 0 radical (unpaired) electrons. The number of hydrogen-bond donors (Lipinski definition) is 1. The minimum Gasteiger partial charge on any atom is -0.465 e. The Morgan fingerprint density at radius 1 is 1.04 bits per heavy atom. The average molecular weight is 369 g/mol. The lowest BCUT2D eigenvalue weighted by Crippen LogP contribution is -2.12. The van der Waals surface area contributed by atoms with E-state index >= 15 is 0 Å². The van der Waals surface area contributed by atoms with Crippen LogP contribution in [0.15, 0.2) is 35.2 Å². The van der Waals surface area contributed by atoms with Crippen molar-refractivity contribution in [2.75, 3.05) is 18.9 Å². The SMILES string of the molecule is COC(=O)c1ccc(S(=O)(=O)Nc2cc(C)c(C(=O)OC)s2)cc1. The van der Waals surface area contributed by atoms with Crippen molar-refractivity contribution in [2.45, 2.75) is 11.8 Å². The number of carbonyl (C=O) groups is 2. The van der Waals surface area contributed by atoms with Crippen LogP contribution >= 0.6 is 11.3 Å². The molecule has 128 valence electrons. The number of nitrogens with one attached hydrogen (secondary N) is 1. The molecule has 0 aliphatic carbocycles. The quantitative estimate of drug-likeness (QED) is 0.813. The van der Waals surface area contributed by atoms with Crippen LogP contribution in [-0.4, -0.2) is 34.6 Å². The van der Waals surface area contributed by atoms with E-state index in [-0.39, 0.29) is 10.5 Å². The number of benzene rings is 1. The Morgan fingerprint density at radius 2 is 1.62 bits per heavy atom. The molecule has 0 unspecified atom stereocenters. The Kier molecular flexibility index (Phi) is 5.25. The van der Waals surface area contributed by atoms with Crippen molar-refractivity contribution < 1.29 is 27.5 Å². The van der Waals surface area contributed by atoms with E-state index in [1.54, 1.807) is 13.0 Å². The third-order valence-electron chi connectivity index (χ3n) is 3.11. The van der Waals surface area contributed by atoms with Crippen LogP contribution in [0.1, 0.15) is 25.6 Å². The standard InChI is InChI=1S/C15H15NO6S2/c1-9-8-12(23-13(9)15(18)22-3)16-24(19,20)11-6-4-10(5-7-11)14(17)21-2/h4-8,16H,1-3H3. The predicted octanol–water partition coefficient (Wildman–Crippen LogP) is 2.43. The van der Waals surface area contributed by atoms with Crippen LogP contribution in [-0.2, 0) is 19.5 Å². The van der Waals surface area contributed by atoms with Crippen molar-refractivity contribution in [3.8, 4) is 0 Å². The van der Waals surface area contributed by atoms with E-state index in [0.29, 0.717) is 15.4 Å². The molecule has 0 aliphatic rings. The first kappa shape index (κ1) is 18.0. The lowest BCUT2D eigenvalue weighted by molar-refractivity contribution is 0.0594. The third-order valence-corrected chi connectivity index (χ3v) is 5.75. The summed E-state index contributed by atoms with van der Waals surface area (Å²) in [5, 5.41) is 0.296. The maximum absolute atomic E-state index is 12.4. The number of thiophene rings is 1. The Morgan fingerprint density at radius 3 is 2.17 bits per heavy atom. The molecule has 1 aromatic heterocycles. The number of sulfonamides is 1. The van der Waals surface area contributed by atoms with Crippen molar-refractivity contribution in [1.82, 2.24) is 0 Å². The van der Waals surface area contributed by atoms with Gasteiger partial charge in [-0.15, -0.1) is 11.3 Å². The Balaban J connectivity index is 2.25. The first-order valence-corrected chi connectivity index (χ1v) is 8.98. The van der Waals surface area contributed by atoms with Gasteiger partial charge in [0.05, 0.1) is 24.7 Å². The van der Waals surface area contributed by atoms with Crippen molar-refractivity contribution >= 4 is 38.3 Å². The molecule has 0 bridgehead atoms. The molecule has 0 amide bonds. The van der Waals surface area contributed by atoms with E-state index in [4.69, 9.17) is 0 Å². The highest BCUT2D eigenvalue weighted by Crippen LogP contribution is 2.29. The van der Waals surface area contributed by atoms with Gasteiger partial charge in [-0.25, -0.2) is 18.0 Å². The highest BCUT2D eigenvalue weighted by molar-refractivity contribution is 7.93. The molecule has 1 heterocycles. The summed E-state index contributed by atoms with van der Waals surface area (Å²) < 4.78 is 36.4. The molecular formula is C15H15NO6S2. The van der Waals surface area contributed by atoms with Gasteiger partial charge in [0.2, 0.25) is 0 Å².